The van der Waals surface area contributed by atoms with Crippen molar-refractivity contribution in [2.45, 2.75) is 109 Å². The molecule has 358 valence electrons. The molecule has 0 saturated carbocycles. The number of carbonyl (C=O) groups is 8. The van der Waals surface area contributed by atoms with E-state index >= 15 is 0 Å². The first kappa shape index (κ1) is 53.9. The van der Waals surface area contributed by atoms with E-state index in [-0.39, 0.29) is 76.0 Å². The number of phenolic OH excluding ortho intramolecular Hbond substituents is 1. The molecule has 0 spiro atoms. The first-order valence-corrected chi connectivity index (χ1v) is 21.8. The van der Waals surface area contributed by atoms with E-state index in [2.05, 4.69) is 47.5 Å². The van der Waals surface area contributed by atoms with Gasteiger partial charge in [-0.15, -0.1) is 0 Å². The third kappa shape index (κ3) is 21.2. The van der Waals surface area contributed by atoms with Crippen LogP contribution in [0.25, 0.3) is 0 Å². The molecular formula is C41H70N14O9. The van der Waals surface area contributed by atoms with Gasteiger partial charge in [-0.2, -0.15) is 0 Å². The van der Waals surface area contributed by atoms with Gasteiger partial charge in [-0.25, -0.2) is 4.79 Å². The summed E-state index contributed by atoms with van der Waals surface area (Å²) in [5.41, 5.74) is 22.9. The molecular weight excluding hydrogens is 833 g/mol. The summed E-state index contributed by atoms with van der Waals surface area (Å²) in [6, 6.07) is -0.847. The predicted molar refractivity (Wildman–Crippen MR) is 239 cm³/mol. The Labute approximate surface area is 374 Å². The van der Waals surface area contributed by atoms with Crippen molar-refractivity contribution in [3.05, 3.63) is 29.8 Å². The number of phenols is 1. The standard InChI is InChI=1S/C41H70N14O9/c1-4-8-28-35(59)53-31(21-26-11-13-27(56)14-12-26)37(61)54-32(22-42)38(62)52-30(15-10-25(2)3)39(63)55(24-33(43)57)20-19-49-41(64)48-17-6-5-16-46-23-34(58)50-29(36(60)51-28)9-7-18-47-40(44)45/h11-14,25,28-32,46,56H,4-10,15-24,42H2,1-3H3,(H2,43,57)(H,50,58)(H,51,60)(H,52,62)(H,53,59)(H,54,61)(H4,44,45,47)(H2,48,49,64)/t28-,29-,30-,31-,32-/m0/s1. The maximum Gasteiger partial charge on any atom is 0.314 e. The van der Waals surface area contributed by atoms with Crippen LogP contribution >= 0.6 is 0 Å². The molecule has 1 saturated heterocycles. The summed E-state index contributed by atoms with van der Waals surface area (Å²) in [5.74, 6) is -5.09. The normalized spacial score (nSPS) is 22.3. The van der Waals surface area contributed by atoms with Gasteiger partial charge in [-0.05, 0) is 75.1 Å². The van der Waals surface area contributed by atoms with Crippen LogP contribution in [0.5, 0.6) is 5.75 Å². The molecule has 0 radical (unpaired) electrons. The van der Waals surface area contributed by atoms with Crippen molar-refractivity contribution in [3.8, 4) is 5.75 Å². The Morgan fingerprint density at radius 2 is 1.34 bits per heavy atom. The van der Waals surface area contributed by atoms with E-state index in [4.69, 9.17) is 22.9 Å². The quantitative estimate of drug-likeness (QED) is 0.0493. The molecule has 1 aromatic rings. The van der Waals surface area contributed by atoms with Gasteiger partial charge in [0.1, 0.15) is 36.0 Å². The zero-order chi connectivity index (χ0) is 47.6. The predicted octanol–water partition coefficient (Wildman–Crippen LogP) is -3.40. The van der Waals surface area contributed by atoms with Crippen molar-refractivity contribution in [2.24, 2.45) is 33.8 Å². The summed E-state index contributed by atoms with van der Waals surface area (Å²) in [6.45, 7) is 5.25. The molecule has 0 unspecified atom stereocenters. The Balaban J connectivity index is 2.52. The summed E-state index contributed by atoms with van der Waals surface area (Å²) in [7, 11) is 0. The number of aromatic hydroxyl groups is 1. The Bertz CT molecular complexity index is 1730. The number of nitrogens with one attached hydrogen (secondary N) is 8. The number of urea groups is 1. The molecule has 5 atom stereocenters. The molecule has 0 bridgehead atoms. The number of hydrogen-bond acceptors (Lipinski definition) is 12. The SMILES string of the molecule is CCC[C@@H]1NC(=O)[C@H](CCCN=C(N)N)NC(=O)CNCCCCNC(=O)NCCN(CC(N)=O)C(=O)[C@H](CCC(C)C)NC(=O)[C@H](CN)NC(=O)[C@H](Cc2ccc(O)cc2)NC1=O. The van der Waals surface area contributed by atoms with E-state index in [1.807, 2.05) is 13.8 Å². The highest BCUT2D eigenvalue weighted by molar-refractivity contribution is 5.97. The molecule has 9 amide bonds. The van der Waals surface area contributed by atoms with Crippen LogP contribution in [-0.2, 0) is 40.0 Å². The second-order valence-corrected chi connectivity index (χ2v) is 16.0. The molecule has 64 heavy (non-hydrogen) atoms. The minimum atomic E-state index is -1.41. The van der Waals surface area contributed by atoms with E-state index in [9.17, 15) is 43.5 Å². The van der Waals surface area contributed by atoms with Crippen molar-refractivity contribution in [1.82, 2.24) is 47.4 Å². The van der Waals surface area contributed by atoms with E-state index in [1.165, 1.54) is 12.1 Å². The maximum atomic E-state index is 14.1. The highest BCUT2D eigenvalue weighted by atomic mass is 16.3. The average molecular weight is 903 g/mol. The van der Waals surface area contributed by atoms with Gasteiger partial charge in [-0.3, -0.25) is 38.6 Å². The summed E-state index contributed by atoms with van der Waals surface area (Å²) in [5, 5.41) is 31.6. The number of nitrogens with zero attached hydrogens (tertiary/aromatic N) is 2. The number of rotatable bonds is 14. The fourth-order valence-electron chi connectivity index (χ4n) is 6.55. The monoisotopic (exact) mass is 903 g/mol. The van der Waals surface area contributed by atoms with Crippen LogP contribution in [0.15, 0.2) is 29.3 Å². The number of nitrogens with two attached hydrogens (primary N) is 4. The van der Waals surface area contributed by atoms with Crippen LogP contribution in [0.3, 0.4) is 0 Å². The number of aliphatic imine (C=N–C) groups is 1. The topological polar surface area (TPSA) is 373 Å². The van der Waals surface area contributed by atoms with Gasteiger partial charge in [0.25, 0.3) is 0 Å². The van der Waals surface area contributed by atoms with Crippen LogP contribution in [0.1, 0.15) is 77.7 Å². The van der Waals surface area contributed by atoms with Crippen LogP contribution in [-0.4, -0.2) is 146 Å². The van der Waals surface area contributed by atoms with E-state index in [0.717, 1.165) is 4.90 Å². The van der Waals surface area contributed by atoms with Gasteiger partial charge < -0.3 is 75.5 Å². The summed E-state index contributed by atoms with van der Waals surface area (Å²) < 4.78 is 0. The third-order valence-electron chi connectivity index (χ3n) is 10.0. The fraction of sp³-hybridized carbons (Fsp3) is 0.634. The lowest BCUT2D eigenvalue weighted by Crippen LogP contribution is -2.61. The Kier molecular flexibility index (Phi) is 24.6. The lowest BCUT2D eigenvalue weighted by Gasteiger charge is -2.29. The Morgan fingerprint density at radius 3 is 1.97 bits per heavy atom. The van der Waals surface area contributed by atoms with Crippen molar-refractivity contribution in [2.75, 3.05) is 52.4 Å². The van der Waals surface area contributed by atoms with Crippen molar-refractivity contribution < 1.29 is 43.5 Å². The Morgan fingerprint density at radius 1 is 0.766 bits per heavy atom. The fourth-order valence-corrected chi connectivity index (χ4v) is 6.55. The van der Waals surface area contributed by atoms with Crippen molar-refractivity contribution in [1.29, 1.82) is 0 Å². The smallest absolute Gasteiger partial charge is 0.314 e. The van der Waals surface area contributed by atoms with Crippen LogP contribution in [0.4, 0.5) is 4.79 Å². The molecule has 23 nitrogen and oxygen atoms in total. The zero-order valence-corrected chi connectivity index (χ0v) is 37.2. The van der Waals surface area contributed by atoms with E-state index in [0.29, 0.717) is 44.2 Å². The van der Waals surface area contributed by atoms with Gasteiger partial charge >= 0.3 is 6.03 Å². The van der Waals surface area contributed by atoms with Gasteiger partial charge in [0.15, 0.2) is 5.96 Å². The van der Waals surface area contributed by atoms with E-state index in [1.54, 1.807) is 19.1 Å². The van der Waals surface area contributed by atoms with Gasteiger partial charge in [-0.1, -0.05) is 39.3 Å². The van der Waals surface area contributed by atoms with Crippen molar-refractivity contribution in [3.63, 3.8) is 0 Å². The van der Waals surface area contributed by atoms with Gasteiger partial charge in [0.05, 0.1) is 13.1 Å². The molecule has 1 aliphatic heterocycles. The molecule has 23 heteroatoms. The first-order chi connectivity index (χ1) is 30.4. The number of benzene rings is 1. The molecule has 1 fully saturated rings. The molecule has 2 rings (SSSR count). The number of primary amides is 1. The second kappa shape index (κ2) is 29.2. The lowest BCUT2D eigenvalue weighted by molar-refractivity contribution is -0.139. The van der Waals surface area contributed by atoms with E-state index < -0.39 is 90.7 Å². The van der Waals surface area contributed by atoms with Crippen LogP contribution in [0, 0.1) is 5.92 Å². The summed E-state index contributed by atoms with van der Waals surface area (Å²) in [4.78, 5) is 112. The largest absolute Gasteiger partial charge is 0.508 e. The number of carbonyl (C=O) groups excluding carboxylic acids is 8. The van der Waals surface area contributed by atoms with Crippen LogP contribution in [0.2, 0.25) is 0 Å². The molecule has 1 aromatic carbocycles. The average Bonchev–Trinajstić information content (AvgIpc) is 3.23. The summed E-state index contributed by atoms with van der Waals surface area (Å²) in [6.07, 6.45) is 2.62. The highest BCUT2D eigenvalue weighted by Gasteiger charge is 2.33. The molecule has 1 aliphatic rings. The number of guanidine groups is 1. The zero-order valence-electron chi connectivity index (χ0n) is 37.2. The highest BCUT2D eigenvalue weighted by Crippen LogP contribution is 2.14. The number of hydrogen-bond donors (Lipinski definition) is 13. The molecule has 0 aliphatic carbocycles. The second-order valence-electron chi connectivity index (χ2n) is 16.0. The Hall–Kier alpha value is -6.23. The maximum absolute atomic E-state index is 14.1. The van der Waals surface area contributed by atoms with Gasteiger partial charge in [0, 0.05) is 39.1 Å². The number of amides is 9. The van der Waals surface area contributed by atoms with Crippen molar-refractivity contribution >= 4 is 53.3 Å². The first-order valence-electron chi connectivity index (χ1n) is 21.8. The van der Waals surface area contributed by atoms with Crippen LogP contribution < -0.4 is 65.5 Å². The molecule has 17 N–H and O–H groups in total. The van der Waals surface area contributed by atoms with Gasteiger partial charge in [0.2, 0.25) is 41.4 Å². The minimum absolute atomic E-state index is 0.0398. The third-order valence-corrected chi connectivity index (χ3v) is 10.0. The summed E-state index contributed by atoms with van der Waals surface area (Å²) >= 11 is 0. The lowest BCUT2D eigenvalue weighted by atomic mass is 10.0. The molecule has 0 aromatic heterocycles. The molecule has 1 heterocycles. The minimum Gasteiger partial charge on any atom is -0.508 e.